The Morgan fingerprint density at radius 1 is 1.07 bits per heavy atom. The second kappa shape index (κ2) is 12.8. The third-order valence-corrected chi connectivity index (χ3v) is 10.0. The number of carbonyl (C=O) groups is 2. The van der Waals surface area contributed by atoms with E-state index in [1.54, 1.807) is 23.6 Å². The molecule has 4 heterocycles. The van der Waals surface area contributed by atoms with Crippen LogP contribution in [-0.4, -0.2) is 81.0 Å². The zero-order valence-electron chi connectivity index (χ0n) is 26.1. The van der Waals surface area contributed by atoms with E-state index in [0.29, 0.717) is 79.6 Å². The van der Waals surface area contributed by atoms with Crippen LogP contribution in [0, 0.1) is 0 Å². The van der Waals surface area contributed by atoms with E-state index in [1.165, 1.54) is 22.9 Å². The molecule has 12 nitrogen and oxygen atoms in total. The summed E-state index contributed by atoms with van der Waals surface area (Å²) in [6.07, 6.45) is 3.72. The summed E-state index contributed by atoms with van der Waals surface area (Å²) < 4.78 is 12.1. The molecule has 2 fully saturated rings. The number of rotatable bonds is 9. The van der Waals surface area contributed by atoms with E-state index >= 15 is 0 Å². The maximum atomic E-state index is 14.2. The van der Waals surface area contributed by atoms with Gasteiger partial charge in [-0.15, -0.1) is 5.10 Å². The van der Waals surface area contributed by atoms with E-state index in [0.717, 1.165) is 23.2 Å². The number of nitrogens with zero attached hydrogens (tertiary/aromatic N) is 6. The number of anilines is 2. The van der Waals surface area contributed by atoms with E-state index in [-0.39, 0.29) is 23.9 Å². The van der Waals surface area contributed by atoms with Crippen molar-refractivity contribution in [2.45, 2.75) is 51.0 Å². The highest BCUT2D eigenvalue weighted by molar-refractivity contribution is 8.01. The molecule has 240 valence electrons. The lowest BCUT2D eigenvalue weighted by Crippen LogP contribution is -2.51. The van der Waals surface area contributed by atoms with Crippen LogP contribution in [-0.2, 0) is 35.5 Å². The fraction of sp³-hybridized carbons (Fsp3) is 0.424. The van der Waals surface area contributed by atoms with Gasteiger partial charge in [0.15, 0.2) is 5.82 Å². The molecule has 2 aromatic carbocycles. The lowest BCUT2D eigenvalue weighted by molar-refractivity contribution is -0.121. The highest BCUT2D eigenvalue weighted by Crippen LogP contribution is 2.35. The van der Waals surface area contributed by atoms with E-state index in [4.69, 9.17) is 14.8 Å². The van der Waals surface area contributed by atoms with Gasteiger partial charge in [-0.2, -0.15) is 9.50 Å². The Kier molecular flexibility index (Phi) is 8.43. The summed E-state index contributed by atoms with van der Waals surface area (Å²) in [6, 6.07) is 13.7. The van der Waals surface area contributed by atoms with Gasteiger partial charge in [0.2, 0.25) is 11.7 Å². The number of fused-ring (bicyclic) bond motifs is 2. The monoisotopic (exact) mass is 642 g/mol. The molecular formula is C33H38N8O4S. The van der Waals surface area contributed by atoms with Crippen molar-refractivity contribution in [2.24, 2.45) is 0 Å². The van der Waals surface area contributed by atoms with Crippen molar-refractivity contribution in [3.8, 4) is 11.4 Å². The molecule has 46 heavy (non-hydrogen) atoms. The molecule has 3 aliphatic rings. The first-order valence-electron chi connectivity index (χ1n) is 15.9. The molecule has 2 amide bonds. The van der Waals surface area contributed by atoms with Crippen molar-refractivity contribution in [2.75, 3.05) is 49.5 Å². The van der Waals surface area contributed by atoms with E-state index in [2.05, 4.69) is 16.1 Å². The largest absolute Gasteiger partial charge is 0.376 e. The first kappa shape index (κ1) is 30.3. The van der Waals surface area contributed by atoms with Gasteiger partial charge in [0, 0.05) is 44.0 Å². The highest BCUT2D eigenvalue weighted by Gasteiger charge is 2.30. The van der Waals surface area contributed by atoms with Crippen LogP contribution in [0.5, 0.6) is 0 Å². The summed E-state index contributed by atoms with van der Waals surface area (Å²) in [4.78, 5) is 49.3. The fourth-order valence-corrected chi connectivity index (χ4v) is 7.02. The number of para-hydroxylation sites is 1. The van der Waals surface area contributed by atoms with Crippen LogP contribution in [0.2, 0.25) is 0 Å². The van der Waals surface area contributed by atoms with Gasteiger partial charge >= 0.3 is 0 Å². The van der Waals surface area contributed by atoms with Gasteiger partial charge in [-0.1, -0.05) is 31.2 Å². The summed E-state index contributed by atoms with van der Waals surface area (Å²) in [5.74, 6) is 0.526. The Morgan fingerprint density at radius 2 is 1.87 bits per heavy atom. The zero-order chi connectivity index (χ0) is 31.8. The number of likely N-dealkylation sites (N-methyl/N-ethyl adjacent to an activating group) is 1. The number of hydrogen-bond acceptors (Lipinski definition) is 9. The zero-order valence-corrected chi connectivity index (χ0v) is 26.9. The van der Waals surface area contributed by atoms with Crippen molar-refractivity contribution in [3.05, 3.63) is 75.2 Å². The van der Waals surface area contributed by atoms with Gasteiger partial charge < -0.3 is 29.1 Å². The molecule has 7 rings (SSSR count). The minimum Gasteiger partial charge on any atom is -0.376 e. The fourth-order valence-electron chi connectivity index (χ4n) is 6.17. The van der Waals surface area contributed by atoms with Crippen LogP contribution in [0.15, 0.2) is 47.3 Å². The third kappa shape index (κ3) is 5.84. The molecule has 0 unspecified atom stereocenters. The second-order valence-corrected chi connectivity index (χ2v) is 13.0. The van der Waals surface area contributed by atoms with Crippen molar-refractivity contribution < 1.29 is 14.3 Å². The summed E-state index contributed by atoms with van der Waals surface area (Å²) in [6.45, 7) is 5.08. The average Bonchev–Trinajstić information content (AvgIpc) is 3.82. The molecule has 0 radical (unpaired) electrons. The van der Waals surface area contributed by atoms with Crippen molar-refractivity contribution in [1.82, 2.24) is 29.4 Å². The number of aromatic nitrogens is 4. The van der Waals surface area contributed by atoms with Gasteiger partial charge in [-0.25, -0.2) is 0 Å². The predicted molar refractivity (Wildman–Crippen MR) is 178 cm³/mol. The second-order valence-electron chi connectivity index (χ2n) is 11.9. The number of nitrogens with one attached hydrogen (secondary N) is 2. The van der Waals surface area contributed by atoms with Gasteiger partial charge in [-0.05, 0) is 67.0 Å². The Labute approximate surface area is 271 Å². The Hall–Kier alpha value is -4.36. The smallest absolute Gasteiger partial charge is 0.299 e. The number of carbonyl (C=O) groups excluding carboxylic acids is 2. The molecule has 0 atom stereocenters. The number of piperazine rings is 1. The quantitative estimate of drug-likeness (QED) is 0.265. The van der Waals surface area contributed by atoms with E-state index in [9.17, 15) is 14.4 Å². The number of ether oxygens (including phenoxy) is 1. The molecule has 1 aliphatic carbocycles. The number of amides is 2. The summed E-state index contributed by atoms with van der Waals surface area (Å²) in [5, 5.41) is 8.00. The number of hydrogen-bond donors (Lipinski definition) is 2. The molecule has 2 aromatic heterocycles. The first-order chi connectivity index (χ1) is 22.4. The Balaban J connectivity index is 1.20. The lowest BCUT2D eigenvalue weighted by atomic mass is 10.0. The first-order valence-corrected chi connectivity index (χ1v) is 16.8. The van der Waals surface area contributed by atoms with Gasteiger partial charge in [0.1, 0.15) is 12.2 Å². The van der Waals surface area contributed by atoms with Crippen LogP contribution in [0.1, 0.15) is 46.9 Å². The molecule has 1 saturated heterocycles. The Morgan fingerprint density at radius 3 is 2.63 bits per heavy atom. The standard InChI is InChI=1S/C33H38N8O4S/c1-3-27-29(38-13-15-39(16-14-38)31(43)25-6-4-5-7-26(25)37-46-24-10-11-24)32(44)41-33(40(27)19-28(42)34-2)35-30(36-41)22-8-9-23-20-45-17-12-21(23)18-22/h4-9,18,24,37H,3,10-17,19-20H2,1-2H3,(H,34,42). The molecule has 2 N–H and O–H groups in total. The third-order valence-electron chi connectivity index (χ3n) is 8.88. The molecule has 13 heteroatoms. The SMILES string of the molecule is CCc1c(N2CCN(C(=O)c3ccccc3NSC3CC3)CC2)c(=O)n2nc(-c3ccc4c(c3)CCOC4)nc2n1CC(=O)NC. The van der Waals surface area contributed by atoms with Crippen LogP contribution in [0.3, 0.4) is 0 Å². The minimum absolute atomic E-state index is 0.00276. The predicted octanol–water partition coefficient (Wildman–Crippen LogP) is 3.12. The molecule has 2 aliphatic heterocycles. The van der Waals surface area contributed by atoms with Crippen molar-refractivity contribution in [1.29, 1.82) is 0 Å². The van der Waals surface area contributed by atoms with Crippen LogP contribution >= 0.6 is 11.9 Å². The summed E-state index contributed by atoms with van der Waals surface area (Å²) >= 11 is 1.68. The Bertz CT molecular complexity index is 1860. The van der Waals surface area contributed by atoms with Crippen LogP contribution in [0.25, 0.3) is 17.2 Å². The molecular weight excluding hydrogens is 604 g/mol. The minimum atomic E-state index is -0.281. The normalized spacial score (nSPS) is 16.4. The lowest BCUT2D eigenvalue weighted by Gasteiger charge is -2.37. The van der Waals surface area contributed by atoms with Gasteiger partial charge in [-0.3, -0.25) is 14.4 Å². The van der Waals surface area contributed by atoms with Crippen molar-refractivity contribution in [3.63, 3.8) is 0 Å². The van der Waals surface area contributed by atoms with Crippen LogP contribution < -0.4 is 20.5 Å². The number of benzene rings is 2. The topological polar surface area (TPSA) is 126 Å². The van der Waals surface area contributed by atoms with Gasteiger partial charge in [0.05, 0.1) is 30.2 Å². The summed E-state index contributed by atoms with van der Waals surface area (Å²) in [5.41, 5.74) is 5.55. The highest BCUT2D eigenvalue weighted by atomic mass is 32.2. The van der Waals surface area contributed by atoms with Gasteiger partial charge in [0.25, 0.3) is 11.5 Å². The molecule has 0 bridgehead atoms. The maximum Gasteiger partial charge on any atom is 0.299 e. The van der Waals surface area contributed by atoms with Crippen molar-refractivity contribution >= 4 is 40.9 Å². The summed E-state index contributed by atoms with van der Waals surface area (Å²) in [7, 11) is 1.59. The maximum absolute atomic E-state index is 14.2. The van der Waals surface area contributed by atoms with E-state index < -0.39 is 0 Å². The van der Waals surface area contributed by atoms with Crippen LogP contribution in [0.4, 0.5) is 11.4 Å². The van der Waals surface area contributed by atoms with E-state index in [1.807, 2.05) is 53.1 Å². The molecule has 1 saturated carbocycles. The average molecular weight is 643 g/mol. The molecule has 0 spiro atoms. The molecule has 4 aromatic rings.